The third kappa shape index (κ3) is 4.50. The van der Waals surface area contributed by atoms with E-state index in [0.717, 1.165) is 24.5 Å². The topological polar surface area (TPSA) is 65.1 Å². The summed E-state index contributed by atoms with van der Waals surface area (Å²) in [7, 11) is 3.16. The molecule has 0 N–H and O–H groups in total. The van der Waals surface area contributed by atoms with E-state index in [2.05, 4.69) is 0 Å². The number of aryl methyl sites for hydroxylation is 1. The van der Waals surface area contributed by atoms with Crippen molar-refractivity contribution in [3.05, 3.63) is 58.9 Å². The first-order valence-electron chi connectivity index (χ1n) is 9.39. The summed E-state index contributed by atoms with van der Waals surface area (Å²) in [4.78, 5) is 26.6. The molecule has 1 saturated heterocycles. The van der Waals surface area contributed by atoms with E-state index in [1.54, 1.807) is 38.2 Å². The highest BCUT2D eigenvalue weighted by Gasteiger charge is 2.32. The Morgan fingerprint density at radius 3 is 2.62 bits per heavy atom. The Balaban J connectivity index is 1.70. The molecule has 1 atom stereocenters. The van der Waals surface area contributed by atoms with Gasteiger partial charge in [0.05, 0.1) is 25.8 Å². The van der Waals surface area contributed by atoms with Crippen LogP contribution in [0.25, 0.3) is 0 Å². The van der Waals surface area contributed by atoms with Gasteiger partial charge in [0.15, 0.2) is 6.61 Å². The van der Waals surface area contributed by atoms with Crippen LogP contribution in [0.4, 0.5) is 4.39 Å². The van der Waals surface area contributed by atoms with Crippen LogP contribution in [0.2, 0.25) is 0 Å². The molecule has 3 rings (SSSR count). The fraction of sp³-hybridized carbons (Fsp3) is 0.364. The van der Waals surface area contributed by atoms with Gasteiger partial charge in [-0.25, -0.2) is 9.18 Å². The zero-order valence-corrected chi connectivity index (χ0v) is 16.7. The van der Waals surface area contributed by atoms with Crippen LogP contribution in [-0.4, -0.2) is 44.1 Å². The fourth-order valence-electron chi connectivity index (χ4n) is 3.50. The summed E-state index contributed by atoms with van der Waals surface area (Å²) in [5.74, 6) is -0.184. The number of carbonyl (C=O) groups is 2. The van der Waals surface area contributed by atoms with Gasteiger partial charge in [-0.3, -0.25) is 4.79 Å². The number of likely N-dealkylation sites (tertiary alicyclic amines) is 1. The normalized spacial score (nSPS) is 15.9. The monoisotopic (exact) mass is 401 g/mol. The van der Waals surface area contributed by atoms with Crippen molar-refractivity contribution in [2.45, 2.75) is 25.8 Å². The van der Waals surface area contributed by atoms with Crippen molar-refractivity contribution >= 4 is 11.9 Å². The van der Waals surface area contributed by atoms with Crippen LogP contribution in [0.15, 0.2) is 36.4 Å². The predicted octanol–water partition coefficient (Wildman–Crippen LogP) is 3.67. The van der Waals surface area contributed by atoms with Gasteiger partial charge in [-0.1, -0.05) is 6.07 Å². The molecule has 2 aromatic rings. The predicted molar refractivity (Wildman–Crippen MR) is 105 cm³/mol. The van der Waals surface area contributed by atoms with Gasteiger partial charge < -0.3 is 19.1 Å². The Hall–Kier alpha value is -3.09. The summed E-state index contributed by atoms with van der Waals surface area (Å²) in [6.45, 7) is 1.76. The van der Waals surface area contributed by atoms with E-state index in [1.807, 2.05) is 6.07 Å². The van der Waals surface area contributed by atoms with Gasteiger partial charge in [0.1, 0.15) is 17.3 Å². The Bertz CT molecular complexity index is 914. The molecule has 154 valence electrons. The molecular formula is C22H24FNO5. The standard InChI is InChI=1S/C22H24FNO5/c1-14-6-7-15(11-18(14)23)22(26)29-13-21(25)24-10-4-5-19(24)17-12-16(27-2)8-9-20(17)28-3/h6-9,11-12,19H,4-5,10,13H2,1-3H3/t19-/m0/s1. The highest BCUT2D eigenvalue weighted by Crippen LogP contribution is 2.38. The number of halogens is 1. The van der Waals surface area contributed by atoms with Crippen molar-refractivity contribution in [2.75, 3.05) is 27.4 Å². The second-order valence-corrected chi connectivity index (χ2v) is 6.89. The lowest BCUT2D eigenvalue weighted by Crippen LogP contribution is -2.34. The van der Waals surface area contributed by atoms with Gasteiger partial charge in [-0.15, -0.1) is 0 Å². The lowest BCUT2D eigenvalue weighted by molar-refractivity contribution is -0.135. The number of methoxy groups -OCH3 is 2. The number of carbonyl (C=O) groups excluding carboxylic acids is 2. The molecule has 2 aromatic carbocycles. The van der Waals surface area contributed by atoms with Crippen LogP contribution in [0.1, 0.15) is 40.4 Å². The minimum Gasteiger partial charge on any atom is -0.497 e. The maximum atomic E-state index is 13.7. The van der Waals surface area contributed by atoms with Gasteiger partial charge in [-0.05, 0) is 55.7 Å². The quantitative estimate of drug-likeness (QED) is 0.691. The molecule has 0 aromatic heterocycles. The summed E-state index contributed by atoms with van der Waals surface area (Å²) in [6.07, 6.45) is 1.60. The molecule has 0 aliphatic carbocycles. The van der Waals surface area contributed by atoms with Gasteiger partial charge in [-0.2, -0.15) is 0 Å². The van der Waals surface area contributed by atoms with E-state index in [-0.39, 0.29) is 17.5 Å². The highest BCUT2D eigenvalue weighted by atomic mass is 19.1. The van der Waals surface area contributed by atoms with E-state index in [0.29, 0.717) is 23.6 Å². The first kappa shape index (κ1) is 20.6. The molecule has 0 unspecified atom stereocenters. The molecule has 1 amide bonds. The van der Waals surface area contributed by atoms with Crippen LogP contribution in [0.3, 0.4) is 0 Å². The Labute approximate surface area is 169 Å². The van der Waals surface area contributed by atoms with E-state index in [1.165, 1.54) is 12.1 Å². The number of rotatable bonds is 6. The molecule has 1 aliphatic rings. The van der Waals surface area contributed by atoms with Gasteiger partial charge in [0.25, 0.3) is 5.91 Å². The summed E-state index contributed by atoms with van der Waals surface area (Å²) in [5, 5.41) is 0. The van der Waals surface area contributed by atoms with E-state index in [4.69, 9.17) is 14.2 Å². The average molecular weight is 401 g/mol. The molecular weight excluding hydrogens is 377 g/mol. The van der Waals surface area contributed by atoms with Crippen LogP contribution < -0.4 is 9.47 Å². The van der Waals surface area contributed by atoms with Gasteiger partial charge >= 0.3 is 5.97 Å². The number of nitrogens with zero attached hydrogens (tertiary/aromatic N) is 1. The van der Waals surface area contributed by atoms with Crippen molar-refractivity contribution in [3.8, 4) is 11.5 Å². The number of hydrogen-bond donors (Lipinski definition) is 0. The van der Waals surface area contributed by atoms with Crippen LogP contribution in [-0.2, 0) is 9.53 Å². The molecule has 6 nitrogen and oxygen atoms in total. The molecule has 0 radical (unpaired) electrons. The molecule has 1 aliphatic heterocycles. The maximum absolute atomic E-state index is 13.7. The van der Waals surface area contributed by atoms with Gasteiger partial charge in [0, 0.05) is 12.1 Å². The van der Waals surface area contributed by atoms with Crippen molar-refractivity contribution in [1.82, 2.24) is 4.90 Å². The molecule has 1 fully saturated rings. The van der Waals surface area contributed by atoms with Crippen LogP contribution in [0.5, 0.6) is 11.5 Å². The first-order valence-corrected chi connectivity index (χ1v) is 9.39. The van der Waals surface area contributed by atoms with E-state index < -0.39 is 18.4 Å². The minimum atomic E-state index is -0.730. The Morgan fingerprint density at radius 1 is 1.14 bits per heavy atom. The summed E-state index contributed by atoms with van der Waals surface area (Å²) < 4.78 is 29.5. The average Bonchev–Trinajstić information content (AvgIpc) is 3.23. The van der Waals surface area contributed by atoms with E-state index in [9.17, 15) is 14.0 Å². The van der Waals surface area contributed by atoms with Crippen LogP contribution >= 0.6 is 0 Å². The molecule has 0 bridgehead atoms. The number of benzene rings is 2. The summed E-state index contributed by atoms with van der Waals surface area (Å²) >= 11 is 0. The third-order valence-corrected chi connectivity index (χ3v) is 5.10. The highest BCUT2D eigenvalue weighted by molar-refractivity contribution is 5.91. The number of amides is 1. The SMILES string of the molecule is COc1ccc(OC)c([C@@H]2CCCN2C(=O)COC(=O)c2ccc(C)c(F)c2)c1. The number of ether oxygens (including phenoxy) is 3. The number of hydrogen-bond acceptors (Lipinski definition) is 5. The Kier molecular flexibility index (Phi) is 6.36. The molecule has 1 heterocycles. The minimum absolute atomic E-state index is 0.0772. The molecule has 0 saturated carbocycles. The first-order chi connectivity index (χ1) is 13.9. The molecule has 29 heavy (non-hydrogen) atoms. The van der Waals surface area contributed by atoms with Crippen molar-refractivity contribution in [1.29, 1.82) is 0 Å². The fourth-order valence-corrected chi connectivity index (χ4v) is 3.50. The molecule has 7 heteroatoms. The van der Waals surface area contributed by atoms with Gasteiger partial charge in [0.2, 0.25) is 0 Å². The smallest absolute Gasteiger partial charge is 0.338 e. The number of esters is 1. The van der Waals surface area contributed by atoms with Crippen molar-refractivity contribution in [2.24, 2.45) is 0 Å². The zero-order valence-electron chi connectivity index (χ0n) is 16.7. The van der Waals surface area contributed by atoms with Crippen LogP contribution in [0, 0.1) is 12.7 Å². The lowest BCUT2D eigenvalue weighted by Gasteiger charge is -2.26. The molecule has 0 spiro atoms. The second kappa shape index (κ2) is 8.94. The largest absolute Gasteiger partial charge is 0.497 e. The van der Waals surface area contributed by atoms with Crippen molar-refractivity contribution < 1.29 is 28.2 Å². The third-order valence-electron chi connectivity index (χ3n) is 5.10. The summed E-state index contributed by atoms with van der Waals surface area (Å²) in [5.41, 5.74) is 1.36. The lowest BCUT2D eigenvalue weighted by atomic mass is 10.0. The maximum Gasteiger partial charge on any atom is 0.338 e. The summed E-state index contributed by atoms with van der Waals surface area (Å²) in [6, 6.07) is 9.36. The van der Waals surface area contributed by atoms with Crippen molar-refractivity contribution in [3.63, 3.8) is 0 Å². The second-order valence-electron chi connectivity index (χ2n) is 6.89. The zero-order chi connectivity index (χ0) is 21.0. The Morgan fingerprint density at radius 2 is 1.93 bits per heavy atom. The van der Waals surface area contributed by atoms with E-state index >= 15 is 0 Å².